The highest BCUT2D eigenvalue weighted by Gasteiger charge is 2.09. The third kappa shape index (κ3) is 3.03. The summed E-state index contributed by atoms with van der Waals surface area (Å²) in [5, 5.41) is 0. The quantitative estimate of drug-likeness (QED) is 0.824. The van der Waals surface area contributed by atoms with Gasteiger partial charge in [0.1, 0.15) is 11.6 Å². The maximum atomic E-state index is 13.5. The average Bonchev–Trinajstić information content (AvgIpc) is 2.35. The van der Waals surface area contributed by atoms with E-state index in [0.29, 0.717) is 5.69 Å². The van der Waals surface area contributed by atoms with Crippen molar-refractivity contribution in [3.63, 3.8) is 0 Å². The molecule has 2 nitrogen and oxygen atoms in total. The molecule has 0 amide bonds. The largest absolute Gasteiger partial charge is 0.322 e. The third-order valence-corrected chi connectivity index (χ3v) is 2.33. The third-order valence-electron chi connectivity index (χ3n) is 2.33. The molecule has 0 saturated carbocycles. The first-order valence-corrected chi connectivity index (χ1v) is 5.73. The van der Waals surface area contributed by atoms with Crippen molar-refractivity contribution in [3.8, 4) is 11.3 Å². The van der Waals surface area contributed by atoms with E-state index < -0.39 is 11.6 Å². The van der Waals surface area contributed by atoms with Crippen LogP contribution in [0.1, 0.15) is 19.4 Å². The number of hydrogen-bond donors (Lipinski definition) is 1. The molecule has 0 spiro atoms. The fraction of sp³-hybridized carbons (Fsp3) is 0.214. The van der Waals surface area contributed by atoms with Gasteiger partial charge in [-0.1, -0.05) is 19.9 Å². The molecule has 4 heteroatoms. The molecule has 0 fully saturated rings. The minimum absolute atomic E-state index is 0.191. The summed E-state index contributed by atoms with van der Waals surface area (Å²) >= 11 is 0. The zero-order valence-corrected chi connectivity index (χ0v) is 10.6. The summed E-state index contributed by atoms with van der Waals surface area (Å²) in [6, 6.07) is 6.21. The van der Waals surface area contributed by atoms with Gasteiger partial charge in [0.05, 0.1) is 5.69 Å². The van der Waals surface area contributed by atoms with Crippen LogP contribution in [0.4, 0.5) is 8.78 Å². The van der Waals surface area contributed by atoms with Gasteiger partial charge in [-0.2, -0.15) is 0 Å². The lowest BCUT2D eigenvalue weighted by atomic mass is 10.1. The van der Waals surface area contributed by atoms with E-state index in [1.165, 1.54) is 12.1 Å². The van der Waals surface area contributed by atoms with Crippen molar-refractivity contribution in [2.75, 3.05) is 0 Å². The lowest BCUT2D eigenvalue weighted by molar-refractivity contribution is 0.585. The average molecular weight is 251 g/mol. The summed E-state index contributed by atoms with van der Waals surface area (Å²) in [4.78, 5) is 13.7. The number of H-pyrrole nitrogens is 1. The Balaban J connectivity index is 0.000000771. The molecular weight excluding hydrogens is 236 g/mol. The first-order valence-electron chi connectivity index (χ1n) is 5.73. The summed E-state index contributed by atoms with van der Waals surface area (Å²) in [6.07, 6.45) is 0. The number of aromatic nitrogens is 1. The van der Waals surface area contributed by atoms with E-state index in [9.17, 15) is 13.6 Å². The van der Waals surface area contributed by atoms with Crippen molar-refractivity contribution < 1.29 is 8.78 Å². The summed E-state index contributed by atoms with van der Waals surface area (Å²) in [5.74, 6) is -1.33. The van der Waals surface area contributed by atoms with Crippen LogP contribution in [0.5, 0.6) is 0 Å². The van der Waals surface area contributed by atoms with Crippen LogP contribution in [-0.4, -0.2) is 4.98 Å². The molecule has 96 valence electrons. The fourth-order valence-corrected chi connectivity index (χ4v) is 1.52. The SMILES string of the molecule is CC.Cc1ccc(=O)[nH]c1-c1ccc(F)cc1F. The predicted molar refractivity (Wildman–Crippen MR) is 68.5 cm³/mol. The Kier molecular flexibility index (Phi) is 4.77. The molecule has 1 heterocycles. The van der Waals surface area contributed by atoms with Gasteiger partial charge < -0.3 is 4.98 Å². The smallest absolute Gasteiger partial charge is 0.248 e. The van der Waals surface area contributed by atoms with E-state index in [1.807, 2.05) is 13.8 Å². The molecule has 0 atom stereocenters. The van der Waals surface area contributed by atoms with Crippen molar-refractivity contribution in [1.82, 2.24) is 4.98 Å². The van der Waals surface area contributed by atoms with Crippen LogP contribution in [0.3, 0.4) is 0 Å². The van der Waals surface area contributed by atoms with Crippen LogP contribution in [0.2, 0.25) is 0 Å². The van der Waals surface area contributed by atoms with Crippen LogP contribution in [0.25, 0.3) is 11.3 Å². The molecule has 2 aromatic rings. The topological polar surface area (TPSA) is 32.9 Å². The van der Waals surface area contributed by atoms with Crippen molar-refractivity contribution in [2.45, 2.75) is 20.8 Å². The molecule has 0 bridgehead atoms. The number of halogens is 2. The molecule has 1 aromatic heterocycles. The number of pyridine rings is 1. The van der Waals surface area contributed by atoms with Gasteiger partial charge >= 0.3 is 0 Å². The number of rotatable bonds is 1. The van der Waals surface area contributed by atoms with Gasteiger partial charge in [-0.15, -0.1) is 0 Å². The normalized spacial score (nSPS) is 9.61. The molecule has 0 unspecified atom stereocenters. The lowest BCUT2D eigenvalue weighted by Gasteiger charge is -2.06. The Morgan fingerprint density at radius 3 is 2.33 bits per heavy atom. The maximum absolute atomic E-state index is 13.5. The standard InChI is InChI=1S/C12H9F2NO.C2H6/c1-7-2-5-11(16)15-12(7)9-4-3-8(13)6-10(9)14;1-2/h2-6H,1H3,(H,15,16);1-2H3. The second-order valence-corrected chi connectivity index (χ2v) is 3.50. The van der Waals surface area contributed by atoms with Crippen molar-refractivity contribution in [2.24, 2.45) is 0 Å². The molecule has 1 N–H and O–H groups in total. The highest BCUT2D eigenvalue weighted by molar-refractivity contribution is 5.63. The number of benzene rings is 1. The minimum Gasteiger partial charge on any atom is -0.322 e. The first kappa shape index (κ1) is 14.1. The molecule has 0 saturated heterocycles. The molecule has 18 heavy (non-hydrogen) atoms. The maximum Gasteiger partial charge on any atom is 0.248 e. The number of aromatic amines is 1. The van der Waals surface area contributed by atoms with E-state index in [-0.39, 0.29) is 11.1 Å². The molecule has 1 aromatic carbocycles. The molecule has 0 aliphatic carbocycles. The second-order valence-electron chi connectivity index (χ2n) is 3.50. The minimum atomic E-state index is -0.690. The van der Waals surface area contributed by atoms with Gasteiger partial charge in [0, 0.05) is 17.7 Å². The van der Waals surface area contributed by atoms with E-state index in [4.69, 9.17) is 0 Å². The van der Waals surface area contributed by atoms with Gasteiger partial charge in [0.2, 0.25) is 5.56 Å². The summed E-state index contributed by atoms with van der Waals surface area (Å²) in [6.45, 7) is 5.74. The van der Waals surface area contributed by atoms with Crippen LogP contribution < -0.4 is 5.56 Å². The number of aryl methyl sites for hydroxylation is 1. The first-order chi connectivity index (χ1) is 8.58. The Hall–Kier alpha value is -1.97. The molecule has 2 rings (SSSR count). The van der Waals surface area contributed by atoms with E-state index in [0.717, 1.165) is 17.7 Å². The summed E-state index contributed by atoms with van der Waals surface area (Å²) in [7, 11) is 0. The Morgan fingerprint density at radius 1 is 1.06 bits per heavy atom. The Morgan fingerprint density at radius 2 is 1.72 bits per heavy atom. The second kappa shape index (κ2) is 6.10. The van der Waals surface area contributed by atoms with Crippen LogP contribution in [0, 0.1) is 18.6 Å². The Bertz CT molecular complexity index is 591. The molecule has 0 aliphatic heterocycles. The van der Waals surface area contributed by atoms with E-state index >= 15 is 0 Å². The molecule has 0 radical (unpaired) electrons. The predicted octanol–water partition coefficient (Wildman–Crippen LogP) is 3.65. The fourth-order valence-electron chi connectivity index (χ4n) is 1.52. The van der Waals surface area contributed by atoms with E-state index in [1.54, 1.807) is 13.0 Å². The summed E-state index contributed by atoms with van der Waals surface area (Å²) in [5.41, 5.74) is 0.982. The highest BCUT2D eigenvalue weighted by atomic mass is 19.1. The van der Waals surface area contributed by atoms with Crippen LogP contribution in [0.15, 0.2) is 35.1 Å². The number of hydrogen-bond acceptors (Lipinski definition) is 1. The lowest BCUT2D eigenvalue weighted by Crippen LogP contribution is -2.06. The zero-order chi connectivity index (χ0) is 13.7. The van der Waals surface area contributed by atoms with E-state index in [2.05, 4.69) is 4.98 Å². The Labute approximate surface area is 104 Å². The van der Waals surface area contributed by atoms with Crippen molar-refractivity contribution in [3.05, 3.63) is 57.9 Å². The highest BCUT2D eigenvalue weighted by Crippen LogP contribution is 2.23. The van der Waals surface area contributed by atoms with Gasteiger partial charge in [0.15, 0.2) is 0 Å². The molecular formula is C14H15F2NO. The number of nitrogens with one attached hydrogen (secondary N) is 1. The van der Waals surface area contributed by atoms with Crippen molar-refractivity contribution >= 4 is 0 Å². The van der Waals surface area contributed by atoms with Gasteiger partial charge in [0.25, 0.3) is 0 Å². The zero-order valence-electron chi connectivity index (χ0n) is 10.6. The van der Waals surface area contributed by atoms with Gasteiger partial charge in [-0.05, 0) is 24.6 Å². The van der Waals surface area contributed by atoms with Crippen LogP contribution in [-0.2, 0) is 0 Å². The van der Waals surface area contributed by atoms with Gasteiger partial charge in [-0.25, -0.2) is 8.78 Å². The monoisotopic (exact) mass is 251 g/mol. The molecule has 0 aliphatic rings. The van der Waals surface area contributed by atoms with Gasteiger partial charge in [-0.3, -0.25) is 4.79 Å². The van der Waals surface area contributed by atoms with Crippen molar-refractivity contribution in [1.29, 1.82) is 0 Å². The summed E-state index contributed by atoms with van der Waals surface area (Å²) < 4.78 is 26.2. The van der Waals surface area contributed by atoms with Crippen LogP contribution >= 0.6 is 0 Å².